The van der Waals surface area contributed by atoms with Crippen molar-refractivity contribution in [3.63, 3.8) is 0 Å². The van der Waals surface area contributed by atoms with Gasteiger partial charge in [0.15, 0.2) is 0 Å². The summed E-state index contributed by atoms with van der Waals surface area (Å²) in [5.41, 5.74) is 0.706. The molecule has 1 aliphatic heterocycles. The zero-order valence-electron chi connectivity index (χ0n) is 11.6. The minimum Gasteiger partial charge on any atom is -0.426 e. The first-order chi connectivity index (χ1) is 10.5. The van der Waals surface area contributed by atoms with Crippen LogP contribution in [-0.2, 0) is 4.79 Å². The standard InChI is InChI=1S/C14H11N3O5/c1-8-4-13(18)22-12-5-10(2-3-11(8)12)21-14-15-6-9(7-16-14)17(19)20/h2-3,5-8H,4H2,1H3. The van der Waals surface area contributed by atoms with Gasteiger partial charge >= 0.3 is 17.7 Å². The average Bonchev–Trinajstić information content (AvgIpc) is 2.47. The molecule has 0 saturated heterocycles. The molecule has 2 aromatic rings. The number of esters is 1. The van der Waals surface area contributed by atoms with Gasteiger partial charge in [-0.15, -0.1) is 0 Å². The lowest BCUT2D eigenvalue weighted by Gasteiger charge is -2.21. The fourth-order valence-electron chi connectivity index (χ4n) is 2.16. The zero-order chi connectivity index (χ0) is 15.7. The second-order valence-corrected chi connectivity index (χ2v) is 4.86. The Hall–Kier alpha value is -3.03. The van der Waals surface area contributed by atoms with Crippen molar-refractivity contribution in [3.8, 4) is 17.5 Å². The molecule has 22 heavy (non-hydrogen) atoms. The maximum Gasteiger partial charge on any atom is 0.322 e. The molecule has 112 valence electrons. The quantitative estimate of drug-likeness (QED) is 0.371. The van der Waals surface area contributed by atoms with Crippen LogP contribution in [0.2, 0.25) is 0 Å². The van der Waals surface area contributed by atoms with Crippen molar-refractivity contribution in [3.05, 3.63) is 46.3 Å². The van der Waals surface area contributed by atoms with E-state index in [4.69, 9.17) is 9.47 Å². The molecule has 1 aromatic carbocycles. The van der Waals surface area contributed by atoms with Crippen LogP contribution in [-0.4, -0.2) is 20.9 Å². The molecule has 0 saturated carbocycles. The normalized spacial score (nSPS) is 16.6. The van der Waals surface area contributed by atoms with Crippen LogP contribution in [0.3, 0.4) is 0 Å². The molecule has 0 aliphatic carbocycles. The summed E-state index contributed by atoms with van der Waals surface area (Å²) in [4.78, 5) is 28.9. The predicted molar refractivity (Wildman–Crippen MR) is 73.9 cm³/mol. The van der Waals surface area contributed by atoms with Gasteiger partial charge in [0.05, 0.1) is 11.3 Å². The van der Waals surface area contributed by atoms with E-state index in [1.54, 1.807) is 12.1 Å². The second-order valence-electron chi connectivity index (χ2n) is 4.86. The molecular formula is C14H11N3O5. The number of hydrogen-bond donors (Lipinski definition) is 0. The van der Waals surface area contributed by atoms with Crippen molar-refractivity contribution in [2.75, 3.05) is 0 Å². The summed E-state index contributed by atoms with van der Waals surface area (Å²) in [6, 6.07) is 5.07. The monoisotopic (exact) mass is 301 g/mol. The summed E-state index contributed by atoms with van der Waals surface area (Å²) in [5.74, 6) is 0.627. The maximum atomic E-state index is 11.5. The van der Waals surface area contributed by atoms with E-state index in [-0.39, 0.29) is 23.6 Å². The van der Waals surface area contributed by atoms with Crippen LogP contribution in [0.25, 0.3) is 0 Å². The molecule has 1 unspecified atom stereocenters. The van der Waals surface area contributed by atoms with Gasteiger partial charge in [0, 0.05) is 6.07 Å². The molecule has 0 N–H and O–H groups in total. The second kappa shape index (κ2) is 5.40. The van der Waals surface area contributed by atoms with Crippen molar-refractivity contribution >= 4 is 11.7 Å². The Bertz CT molecular complexity index is 745. The molecule has 8 heteroatoms. The summed E-state index contributed by atoms with van der Waals surface area (Å²) in [6.45, 7) is 1.94. The first-order valence-corrected chi connectivity index (χ1v) is 6.52. The summed E-state index contributed by atoms with van der Waals surface area (Å²) in [7, 11) is 0. The molecule has 0 fully saturated rings. The molecular weight excluding hydrogens is 290 g/mol. The molecule has 1 aromatic heterocycles. The van der Waals surface area contributed by atoms with Gasteiger partial charge < -0.3 is 9.47 Å². The van der Waals surface area contributed by atoms with E-state index < -0.39 is 4.92 Å². The summed E-state index contributed by atoms with van der Waals surface area (Å²) < 4.78 is 10.6. The Morgan fingerprint density at radius 2 is 2.09 bits per heavy atom. The highest BCUT2D eigenvalue weighted by Crippen LogP contribution is 2.37. The molecule has 1 atom stereocenters. The van der Waals surface area contributed by atoms with Gasteiger partial charge in [0.2, 0.25) is 0 Å². The fraction of sp³-hybridized carbons (Fsp3) is 0.214. The number of aromatic nitrogens is 2. The molecule has 0 amide bonds. The third-order valence-electron chi connectivity index (χ3n) is 3.25. The van der Waals surface area contributed by atoms with Crippen molar-refractivity contribution in [1.29, 1.82) is 0 Å². The Kier molecular flexibility index (Phi) is 3.42. The number of fused-ring (bicyclic) bond motifs is 1. The molecule has 8 nitrogen and oxygen atoms in total. The van der Waals surface area contributed by atoms with E-state index in [1.807, 2.05) is 13.0 Å². The van der Waals surface area contributed by atoms with E-state index in [0.717, 1.165) is 18.0 Å². The summed E-state index contributed by atoms with van der Waals surface area (Å²) in [5, 5.41) is 10.5. The molecule has 1 aliphatic rings. The van der Waals surface area contributed by atoms with E-state index in [9.17, 15) is 14.9 Å². The van der Waals surface area contributed by atoms with E-state index in [0.29, 0.717) is 17.9 Å². The fourth-order valence-corrected chi connectivity index (χ4v) is 2.16. The minimum absolute atomic E-state index is 0.0271. The van der Waals surface area contributed by atoms with E-state index >= 15 is 0 Å². The minimum atomic E-state index is -0.594. The maximum absolute atomic E-state index is 11.5. The lowest BCUT2D eigenvalue weighted by Crippen LogP contribution is -2.18. The van der Waals surface area contributed by atoms with Crippen LogP contribution in [0.1, 0.15) is 24.8 Å². The average molecular weight is 301 g/mol. The molecule has 0 radical (unpaired) electrons. The van der Waals surface area contributed by atoms with Crippen LogP contribution in [0.4, 0.5) is 5.69 Å². The van der Waals surface area contributed by atoms with Gasteiger partial charge in [-0.1, -0.05) is 13.0 Å². The van der Waals surface area contributed by atoms with Gasteiger partial charge in [-0.3, -0.25) is 14.9 Å². The highest BCUT2D eigenvalue weighted by molar-refractivity contribution is 5.76. The Labute approximate surface area is 124 Å². The summed E-state index contributed by atoms with van der Waals surface area (Å²) >= 11 is 0. The summed E-state index contributed by atoms with van der Waals surface area (Å²) in [6.07, 6.45) is 2.46. The van der Waals surface area contributed by atoms with Gasteiger partial charge in [0.25, 0.3) is 0 Å². The number of carbonyl (C=O) groups is 1. The topological polar surface area (TPSA) is 104 Å². The number of rotatable bonds is 3. The molecule has 3 rings (SSSR count). The number of ether oxygens (including phenoxy) is 2. The van der Waals surface area contributed by atoms with Crippen molar-refractivity contribution in [2.45, 2.75) is 19.3 Å². The highest BCUT2D eigenvalue weighted by atomic mass is 16.6. The Morgan fingerprint density at radius 3 is 2.77 bits per heavy atom. The Morgan fingerprint density at radius 1 is 1.36 bits per heavy atom. The molecule has 0 spiro atoms. The number of benzene rings is 1. The van der Waals surface area contributed by atoms with E-state index in [2.05, 4.69) is 9.97 Å². The van der Waals surface area contributed by atoms with Crippen LogP contribution in [0.15, 0.2) is 30.6 Å². The van der Waals surface area contributed by atoms with Gasteiger partial charge in [-0.2, -0.15) is 9.97 Å². The van der Waals surface area contributed by atoms with Crippen molar-refractivity contribution < 1.29 is 19.2 Å². The van der Waals surface area contributed by atoms with Crippen LogP contribution in [0, 0.1) is 10.1 Å². The third-order valence-corrected chi connectivity index (χ3v) is 3.25. The third kappa shape index (κ3) is 2.71. The zero-order valence-corrected chi connectivity index (χ0v) is 11.6. The van der Waals surface area contributed by atoms with Gasteiger partial charge in [-0.05, 0) is 17.5 Å². The van der Waals surface area contributed by atoms with Gasteiger partial charge in [0.1, 0.15) is 23.9 Å². The molecule has 2 heterocycles. The highest BCUT2D eigenvalue weighted by Gasteiger charge is 2.24. The Balaban J connectivity index is 1.82. The number of nitrogens with zero attached hydrogens (tertiary/aromatic N) is 3. The number of hydrogen-bond acceptors (Lipinski definition) is 7. The molecule has 0 bridgehead atoms. The van der Waals surface area contributed by atoms with Crippen molar-refractivity contribution in [2.24, 2.45) is 0 Å². The van der Waals surface area contributed by atoms with Crippen molar-refractivity contribution in [1.82, 2.24) is 9.97 Å². The van der Waals surface area contributed by atoms with Gasteiger partial charge in [-0.25, -0.2) is 0 Å². The lowest BCUT2D eigenvalue weighted by molar-refractivity contribution is -0.385. The predicted octanol–water partition coefficient (Wildman–Crippen LogP) is 2.59. The SMILES string of the molecule is CC1CC(=O)Oc2cc(Oc3ncc([N+](=O)[O-])cn3)ccc21. The van der Waals surface area contributed by atoms with E-state index in [1.165, 1.54) is 0 Å². The van der Waals surface area contributed by atoms with Crippen LogP contribution < -0.4 is 9.47 Å². The number of carbonyl (C=O) groups excluding carboxylic acids is 1. The lowest BCUT2D eigenvalue weighted by atomic mass is 9.95. The first kappa shape index (κ1) is 13.9. The smallest absolute Gasteiger partial charge is 0.322 e. The van der Waals surface area contributed by atoms with Crippen LogP contribution in [0.5, 0.6) is 17.5 Å². The van der Waals surface area contributed by atoms with Crippen LogP contribution >= 0.6 is 0 Å². The first-order valence-electron chi connectivity index (χ1n) is 6.52. The number of nitro groups is 1. The largest absolute Gasteiger partial charge is 0.426 e.